The van der Waals surface area contributed by atoms with Crippen molar-refractivity contribution in [3.05, 3.63) is 29.8 Å². The van der Waals surface area contributed by atoms with Gasteiger partial charge in [-0.1, -0.05) is 18.2 Å². The molecule has 1 aromatic rings. The van der Waals surface area contributed by atoms with Crippen molar-refractivity contribution in [2.24, 2.45) is 0 Å². The van der Waals surface area contributed by atoms with Crippen molar-refractivity contribution in [1.82, 2.24) is 4.90 Å². The molecule has 1 N–H and O–H groups in total. The van der Waals surface area contributed by atoms with Crippen LogP contribution in [-0.2, 0) is 11.2 Å². The summed E-state index contributed by atoms with van der Waals surface area (Å²) in [7, 11) is 0. The summed E-state index contributed by atoms with van der Waals surface area (Å²) in [4.78, 5) is 14.0. The number of carbonyl (C=O) groups excluding carboxylic acids is 1. The van der Waals surface area contributed by atoms with Crippen LogP contribution in [-0.4, -0.2) is 29.0 Å². The molecule has 0 saturated carbocycles. The van der Waals surface area contributed by atoms with Crippen LogP contribution >= 0.6 is 0 Å². The minimum absolute atomic E-state index is 0.303. The third-order valence-electron chi connectivity index (χ3n) is 3.79. The van der Waals surface area contributed by atoms with Crippen molar-refractivity contribution in [2.75, 3.05) is 13.1 Å². The molecule has 0 aliphatic carbocycles. The Morgan fingerprint density at radius 2 is 1.84 bits per heavy atom. The third kappa shape index (κ3) is 4.27. The number of phenols is 1. The topological polar surface area (TPSA) is 40.5 Å². The molecular weight excluding hydrogens is 238 g/mol. The van der Waals surface area contributed by atoms with E-state index >= 15 is 0 Å². The molecule has 0 spiro atoms. The summed E-state index contributed by atoms with van der Waals surface area (Å²) < 4.78 is 0. The Morgan fingerprint density at radius 1 is 1.11 bits per heavy atom. The summed E-state index contributed by atoms with van der Waals surface area (Å²) in [5.41, 5.74) is 0.980. The summed E-state index contributed by atoms with van der Waals surface area (Å²) >= 11 is 0. The third-order valence-corrected chi connectivity index (χ3v) is 3.79. The smallest absolute Gasteiger partial charge is 0.222 e. The van der Waals surface area contributed by atoms with Gasteiger partial charge in [0, 0.05) is 19.5 Å². The van der Waals surface area contributed by atoms with E-state index in [0.29, 0.717) is 18.1 Å². The molecule has 1 saturated heterocycles. The zero-order valence-electron chi connectivity index (χ0n) is 11.5. The molecule has 0 bridgehead atoms. The van der Waals surface area contributed by atoms with E-state index in [0.717, 1.165) is 50.8 Å². The minimum atomic E-state index is 0.303. The molecule has 104 valence electrons. The second-order valence-corrected chi connectivity index (χ2v) is 5.28. The van der Waals surface area contributed by atoms with Gasteiger partial charge in [-0.3, -0.25) is 4.79 Å². The van der Waals surface area contributed by atoms with Gasteiger partial charge in [-0.05, 0) is 50.2 Å². The van der Waals surface area contributed by atoms with Gasteiger partial charge in [0.15, 0.2) is 0 Å². The Hall–Kier alpha value is -1.51. The van der Waals surface area contributed by atoms with Crippen molar-refractivity contribution in [3.63, 3.8) is 0 Å². The summed E-state index contributed by atoms with van der Waals surface area (Å²) in [5, 5.41) is 9.65. The molecule has 1 fully saturated rings. The molecule has 1 aromatic carbocycles. The number of rotatable bonds is 5. The molecule has 1 aliphatic rings. The number of para-hydroxylation sites is 1. The molecule has 19 heavy (non-hydrogen) atoms. The van der Waals surface area contributed by atoms with Crippen LogP contribution in [0.15, 0.2) is 24.3 Å². The average molecular weight is 261 g/mol. The van der Waals surface area contributed by atoms with E-state index in [4.69, 9.17) is 0 Å². The van der Waals surface area contributed by atoms with Gasteiger partial charge in [0.2, 0.25) is 5.91 Å². The number of aromatic hydroxyl groups is 1. The van der Waals surface area contributed by atoms with E-state index in [2.05, 4.69) is 0 Å². The number of benzene rings is 1. The fraction of sp³-hybridized carbons (Fsp3) is 0.562. The van der Waals surface area contributed by atoms with Crippen molar-refractivity contribution < 1.29 is 9.90 Å². The molecule has 2 rings (SSSR count). The van der Waals surface area contributed by atoms with Crippen LogP contribution in [0.2, 0.25) is 0 Å². The Balaban J connectivity index is 1.66. The second kappa shape index (κ2) is 7.17. The molecule has 0 unspecified atom stereocenters. The van der Waals surface area contributed by atoms with Crippen LogP contribution in [0.25, 0.3) is 0 Å². The van der Waals surface area contributed by atoms with Crippen LogP contribution < -0.4 is 0 Å². The zero-order valence-corrected chi connectivity index (χ0v) is 11.5. The lowest BCUT2D eigenvalue weighted by molar-refractivity contribution is -0.132. The fourth-order valence-corrected chi connectivity index (χ4v) is 2.62. The number of carbonyl (C=O) groups is 1. The first-order valence-corrected chi connectivity index (χ1v) is 7.32. The average Bonchev–Trinajstić information content (AvgIpc) is 2.46. The van der Waals surface area contributed by atoms with Gasteiger partial charge in [0.05, 0.1) is 0 Å². The predicted molar refractivity (Wildman–Crippen MR) is 76.1 cm³/mol. The number of likely N-dealkylation sites (tertiary alicyclic amines) is 1. The quantitative estimate of drug-likeness (QED) is 0.827. The van der Waals surface area contributed by atoms with Gasteiger partial charge >= 0.3 is 0 Å². The van der Waals surface area contributed by atoms with Gasteiger partial charge in [-0.15, -0.1) is 0 Å². The van der Waals surface area contributed by atoms with Crippen molar-refractivity contribution in [1.29, 1.82) is 0 Å². The summed E-state index contributed by atoms with van der Waals surface area (Å²) in [6.07, 6.45) is 6.93. The number of phenolic OH excluding ortho intramolecular Hbond substituents is 1. The van der Waals surface area contributed by atoms with Crippen molar-refractivity contribution >= 4 is 5.91 Å². The predicted octanol–water partition coefficient (Wildman–Crippen LogP) is 3.12. The van der Waals surface area contributed by atoms with Crippen LogP contribution in [0, 0.1) is 0 Å². The monoisotopic (exact) mass is 261 g/mol. The molecule has 1 aliphatic heterocycles. The van der Waals surface area contributed by atoms with E-state index in [-0.39, 0.29) is 0 Å². The highest BCUT2D eigenvalue weighted by Crippen LogP contribution is 2.18. The number of aryl methyl sites for hydroxylation is 1. The maximum Gasteiger partial charge on any atom is 0.222 e. The maximum atomic E-state index is 12.0. The maximum absolute atomic E-state index is 12.0. The number of amides is 1. The van der Waals surface area contributed by atoms with E-state index in [1.165, 1.54) is 6.42 Å². The Kier molecular flexibility index (Phi) is 5.25. The van der Waals surface area contributed by atoms with Gasteiger partial charge < -0.3 is 10.0 Å². The highest BCUT2D eigenvalue weighted by atomic mass is 16.3. The second-order valence-electron chi connectivity index (χ2n) is 5.28. The van der Waals surface area contributed by atoms with Crippen LogP contribution in [0.5, 0.6) is 5.75 Å². The van der Waals surface area contributed by atoms with Crippen molar-refractivity contribution in [3.8, 4) is 5.75 Å². The molecule has 0 atom stereocenters. The summed E-state index contributed by atoms with van der Waals surface area (Å²) in [6.45, 7) is 1.89. The normalized spacial score (nSPS) is 15.5. The lowest BCUT2D eigenvalue weighted by atomic mass is 10.1. The lowest BCUT2D eigenvalue weighted by Crippen LogP contribution is -2.35. The van der Waals surface area contributed by atoms with Gasteiger partial charge in [0.1, 0.15) is 5.75 Å². The van der Waals surface area contributed by atoms with Gasteiger partial charge in [-0.25, -0.2) is 0 Å². The zero-order chi connectivity index (χ0) is 13.5. The van der Waals surface area contributed by atoms with Crippen LogP contribution in [0.3, 0.4) is 0 Å². The van der Waals surface area contributed by atoms with E-state index < -0.39 is 0 Å². The number of hydrogen-bond donors (Lipinski definition) is 1. The van der Waals surface area contributed by atoms with E-state index in [9.17, 15) is 9.90 Å². The number of nitrogens with zero attached hydrogens (tertiary/aromatic N) is 1. The molecular formula is C16H23NO2. The minimum Gasteiger partial charge on any atom is -0.508 e. The molecule has 0 aromatic heterocycles. The van der Waals surface area contributed by atoms with Crippen LogP contribution in [0.1, 0.15) is 44.1 Å². The Bertz CT molecular complexity index is 411. The van der Waals surface area contributed by atoms with Crippen LogP contribution in [0.4, 0.5) is 0 Å². The SMILES string of the molecule is O=C(CCCCc1ccccc1O)N1CCCCC1. The fourth-order valence-electron chi connectivity index (χ4n) is 2.62. The standard InChI is InChI=1S/C16H23NO2/c18-15-10-4-2-8-14(15)9-3-5-11-16(19)17-12-6-1-7-13-17/h2,4,8,10,18H,1,3,5-7,9,11-13H2. The molecule has 3 nitrogen and oxygen atoms in total. The highest BCUT2D eigenvalue weighted by Gasteiger charge is 2.15. The first-order chi connectivity index (χ1) is 9.27. The number of hydrogen-bond acceptors (Lipinski definition) is 2. The largest absolute Gasteiger partial charge is 0.508 e. The first-order valence-electron chi connectivity index (χ1n) is 7.32. The lowest BCUT2D eigenvalue weighted by Gasteiger charge is -2.26. The van der Waals surface area contributed by atoms with Crippen molar-refractivity contribution in [2.45, 2.75) is 44.9 Å². The summed E-state index contributed by atoms with van der Waals surface area (Å²) in [5.74, 6) is 0.668. The molecule has 3 heteroatoms. The number of unbranched alkanes of at least 4 members (excludes halogenated alkanes) is 1. The summed E-state index contributed by atoms with van der Waals surface area (Å²) in [6, 6.07) is 7.43. The Labute approximate surface area is 115 Å². The molecule has 1 amide bonds. The molecule has 1 heterocycles. The molecule has 0 radical (unpaired) electrons. The first kappa shape index (κ1) is 13.9. The number of piperidine rings is 1. The van der Waals surface area contributed by atoms with Gasteiger partial charge in [-0.2, -0.15) is 0 Å². The van der Waals surface area contributed by atoms with Gasteiger partial charge in [0.25, 0.3) is 0 Å². The van der Waals surface area contributed by atoms with E-state index in [1.807, 2.05) is 23.1 Å². The highest BCUT2D eigenvalue weighted by molar-refractivity contribution is 5.76. The Morgan fingerprint density at radius 3 is 2.58 bits per heavy atom. The van der Waals surface area contributed by atoms with E-state index in [1.54, 1.807) is 6.07 Å².